The molecule has 1 heterocycles. The van der Waals surface area contributed by atoms with Crippen LogP contribution in [-0.2, 0) is 13.6 Å². The van der Waals surface area contributed by atoms with E-state index >= 15 is 0 Å². The molecule has 0 saturated carbocycles. The van der Waals surface area contributed by atoms with Gasteiger partial charge in [0.05, 0.1) is 6.54 Å². The fourth-order valence-corrected chi connectivity index (χ4v) is 0.998. The number of aliphatic imine (C=N–C) groups is 1. The first-order chi connectivity index (χ1) is 5.61. The predicted octanol–water partition coefficient (Wildman–Crippen LogP) is 0.725. The third-order valence-electron chi connectivity index (χ3n) is 1.90. The van der Waals surface area contributed by atoms with Gasteiger partial charge in [-0.1, -0.05) is 0 Å². The SMILES string of the molecule is Cc1ccc(CN=C(N)N)n1C.I. The Kier molecular flexibility index (Phi) is 4.82. The molecule has 13 heavy (non-hydrogen) atoms. The van der Waals surface area contributed by atoms with Gasteiger partial charge in [-0.2, -0.15) is 0 Å². The lowest BCUT2D eigenvalue weighted by atomic mass is 10.4. The number of aromatic nitrogens is 1. The van der Waals surface area contributed by atoms with Crippen LogP contribution in [0.3, 0.4) is 0 Å². The van der Waals surface area contributed by atoms with Gasteiger partial charge in [-0.05, 0) is 19.1 Å². The summed E-state index contributed by atoms with van der Waals surface area (Å²) < 4.78 is 2.06. The van der Waals surface area contributed by atoms with Crippen LogP contribution in [0, 0.1) is 6.92 Å². The van der Waals surface area contributed by atoms with Gasteiger partial charge in [-0.3, -0.25) is 0 Å². The highest BCUT2D eigenvalue weighted by molar-refractivity contribution is 14.0. The molecule has 74 valence electrons. The maximum absolute atomic E-state index is 5.22. The Balaban J connectivity index is 0.00000144. The minimum atomic E-state index is 0. The van der Waals surface area contributed by atoms with Crippen LogP contribution in [0.2, 0.25) is 0 Å². The van der Waals surface area contributed by atoms with E-state index in [1.54, 1.807) is 0 Å². The fraction of sp³-hybridized carbons (Fsp3) is 0.375. The lowest BCUT2D eigenvalue weighted by molar-refractivity contribution is 0.797. The van der Waals surface area contributed by atoms with E-state index in [9.17, 15) is 0 Å². The predicted molar refractivity (Wildman–Crippen MR) is 65.1 cm³/mol. The van der Waals surface area contributed by atoms with E-state index in [1.807, 2.05) is 26.1 Å². The average molecular weight is 294 g/mol. The molecular formula is C8H15IN4. The zero-order chi connectivity index (χ0) is 9.14. The van der Waals surface area contributed by atoms with Gasteiger partial charge in [0.1, 0.15) is 0 Å². The van der Waals surface area contributed by atoms with E-state index in [0.717, 1.165) is 5.69 Å². The van der Waals surface area contributed by atoms with Crippen molar-refractivity contribution in [2.75, 3.05) is 0 Å². The van der Waals surface area contributed by atoms with Crippen molar-refractivity contribution in [3.63, 3.8) is 0 Å². The zero-order valence-electron chi connectivity index (χ0n) is 7.82. The standard InChI is InChI=1S/C8H14N4.HI/c1-6-3-4-7(12(6)2)5-11-8(9)10;/h3-4H,5H2,1-2H3,(H4,9,10,11);1H. The molecule has 0 aliphatic rings. The number of rotatable bonds is 2. The normalized spacial score (nSPS) is 9.08. The summed E-state index contributed by atoms with van der Waals surface area (Å²) in [4.78, 5) is 3.92. The maximum atomic E-state index is 5.22. The molecule has 0 amide bonds. The van der Waals surface area contributed by atoms with E-state index in [0.29, 0.717) is 6.54 Å². The molecule has 0 aliphatic heterocycles. The summed E-state index contributed by atoms with van der Waals surface area (Å²) in [5, 5.41) is 0. The molecule has 4 nitrogen and oxygen atoms in total. The number of hydrogen-bond acceptors (Lipinski definition) is 1. The van der Waals surface area contributed by atoms with Crippen LogP contribution in [0.25, 0.3) is 0 Å². The molecule has 1 rings (SSSR count). The lowest BCUT2D eigenvalue weighted by Crippen LogP contribution is -2.22. The lowest BCUT2D eigenvalue weighted by Gasteiger charge is -2.01. The average Bonchev–Trinajstić information content (AvgIpc) is 2.30. The Labute approximate surface area is 95.0 Å². The minimum absolute atomic E-state index is 0. The monoisotopic (exact) mass is 294 g/mol. The fourth-order valence-electron chi connectivity index (χ4n) is 0.998. The van der Waals surface area contributed by atoms with Gasteiger partial charge in [0.25, 0.3) is 0 Å². The van der Waals surface area contributed by atoms with E-state index in [2.05, 4.69) is 9.56 Å². The van der Waals surface area contributed by atoms with Crippen LogP contribution in [0.1, 0.15) is 11.4 Å². The van der Waals surface area contributed by atoms with Crippen LogP contribution in [0.5, 0.6) is 0 Å². The molecule has 0 atom stereocenters. The van der Waals surface area contributed by atoms with Crippen molar-refractivity contribution in [1.82, 2.24) is 4.57 Å². The second kappa shape index (κ2) is 5.11. The Morgan fingerprint density at radius 1 is 1.46 bits per heavy atom. The molecule has 5 heteroatoms. The van der Waals surface area contributed by atoms with Crippen molar-refractivity contribution in [2.24, 2.45) is 23.5 Å². The largest absolute Gasteiger partial charge is 0.370 e. The van der Waals surface area contributed by atoms with Crippen molar-refractivity contribution >= 4 is 29.9 Å². The van der Waals surface area contributed by atoms with E-state index in [-0.39, 0.29) is 29.9 Å². The highest BCUT2D eigenvalue weighted by atomic mass is 127. The van der Waals surface area contributed by atoms with Gasteiger partial charge < -0.3 is 16.0 Å². The first-order valence-corrected chi connectivity index (χ1v) is 3.78. The van der Waals surface area contributed by atoms with Crippen LogP contribution in [-0.4, -0.2) is 10.5 Å². The number of nitrogens with zero attached hydrogens (tertiary/aromatic N) is 2. The van der Waals surface area contributed by atoms with Crippen LogP contribution < -0.4 is 11.5 Å². The summed E-state index contributed by atoms with van der Waals surface area (Å²) in [5.74, 6) is 0.133. The van der Waals surface area contributed by atoms with Crippen LogP contribution in [0.4, 0.5) is 0 Å². The summed E-state index contributed by atoms with van der Waals surface area (Å²) in [7, 11) is 1.99. The molecule has 0 bridgehead atoms. The van der Waals surface area contributed by atoms with Crippen LogP contribution >= 0.6 is 24.0 Å². The molecular weight excluding hydrogens is 279 g/mol. The minimum Gasteiger partial charge on any atom is -0.370 e. The van der Waals surface area contributed by atoms with Crippen molar-refractivity contribution in [3.8, 4) is 0 Å². The van der Waals surface area contributed by atoms with E-state index in [4.69, 9.17) is 11.5 Å². The molecule has 1 aromatic heterocycles. The number of aryl methyl sites for hydroxylation is 1. The molecule has 0 fully saturated rings. The molecule has 4 N–H and O–H groups in total. The second-order valence-electron chi connectivity index (χ2n) is 2.77. The van der Waals surface area contributed by atoms with Gasteiger partial charge in [0, 0.05) is 18.4 Å². The second-order valence-corrected chi connectivity index (χ2v) is 2.77. The molecule has 0 aliphatic carbocycles. The Hall–Kier alpha value is -0.720. The number of guanidine groups is 1. The highest BCUT2D eigenvalue weighted by Gasteiger charge is 1.98. The summed E-state index contributed by atoms with van der Waals surface area (Å²) in [6.45, 7) is 2.59. The number of hydrogen-bond donors (Lipinski definition) is 2. The topological polar surface area (TPSA) is 69.3 Å². The Morgan fingerprint density at radius 2 is 2.08 bits per heavy atom. The first-order valence-electron chi connectivity index (χ1n) is 3.78. The molecule has 0 spiro atoms. The highest BCUT2D eigenvalue weighted by Crippen LogP contribution is 2.06. The van der Waals surface area contributed by atoms with Crippen molar-refractivity contribution in [3.05, 3.63) is 23.5 Å². The Morgan fingerprint density at radius 3 is 2.46 bits per heavy atom. The summed E-state index contributed by atoms with van der Waals surface area (Å²) >= 11 is 0. The quantitative estimate of drug-likeness (QED) is 0.479. The van der Waals surface area contributed by atoms with Crippen molar-refractivity contribution in [1.29, 1.82) is 0 Å². The zero-order valence-corrected chi connectivity index (χ0v) is 10.1. The molecule has 1 aromatic rings. The van der Waals surface area contributed by atoms with E-state index in [1.165, 1.54) is 5.69 Å². The molecule has 0 unspecified atom stereocenters. The maximum Gasteiger partial charge on any atom is 0.186 e. The third kappa shape index (κ3) is 3.25. The number of nitrogens with two attached hydrogens (primary N) is 2. The Bertz CT molecular complexity index is 299. The van der Waals surface area contributed by atoms with Gasteiger partial charge in [-0.25, -0.2) is 4.99 Å². The van der Waals surface area contributed by atoms with Gasteiger partial charge >= 0.3 is 0 Å². The van der Waals surface area contributed by atoms with Gasteiger partial charge in [0.15, 0.2) is 5.96 Å². The molecule has 0 saturated heterocycles. The first kappa shape index (κ1) is 12.3. The summed E-state index contributed by atoms with van der Waals surface area (Å²) in [6, 6.07) is 4.05. The van der Waals surface area contributed by atoms with E-state index < -0.39 is 0 Å². The van der Waals surface area contributed by atoms with Crippen LogP contribution in [0.15, 0.2) is 17.1 Å². The van der Waals surface area contributed by atoms with Crippen molar-refractivity contribution < 1.29 is 0 Å². The van der Waals surface area contributed by atoms with Gasteiger partial charge in [-0.15, -0.1) is 24.0 Å². The van der Waals surface area contributed by atoms with Crippen molar-refractivity contribution in [2.45, 2.75) is 13.5 Å². The number of halogens is 1. The summed E-state index contributed by atoms with van der Waals surface area (Å²) in [5.41, 5.74) is 12.7. The smallest absolute Gasteiger partial charge is 0.186 e. The summed E-state index contributed by atoms with van der Waals surface area (Å²) in [6.07, 6.45) is 0. The molecule has 0 radical (unpaired) electrons. The van der Waals surface area contributed by atoms with Gasteiger partial charge in [0.2, 0.25) is 0 Å². The third-order valence-corrected chi connectivity index (χ3v) is 1.90. The molecule has 0 aromatic carbocycles.